The van der Waals surface area contributed by atoms with Gasteiger partial charge in [0.1, 0.15) is 0 Å². The molecule has 1 amide bonds. The zero-order valence-corrected chi connectivity index (χ0v) is 13.9. The number of nitrogens with two attached hydrogens (primary N) is 1. The van der Waals surface area contributed by atoms with Crippen molar-refractivity contribution in [3.8, 4) is 0 Å². The molecule has 1 fully saturated rings. The minimum Gasteiger partial charge on any atom is -0.399 e. The first-order valence-electron chi connectivity index (χ1n) is 7.60. The molecular formula is C17H25ClN2O. The molecule has 0 saturated heterocycles. The van der Waals surface area contributed by atoms with Crippen LogP contribution in [0.5, 0.6) is 0 Å². The van der Waals surface area contributed by atoms with Crippen LogP contribution in [0.3, 0.4) is 0 Å². The van der Waals surface area contributed by atoms with E-state index in [9.17, 15) is 4.79 Å². The Bertz CT molecular complexity index is 528. The summed E-state index contributed by atoms with van der Waals surface area (Å²) in [5.74, 6) is 0.328. The number of hydrogen-bond donors (Lipinski definition) is 1. The Hall–Kier alpha value is -1.22. The van der Waals surface area contributed by atoms with Gasteiger partial charge in [0, 0.05) is 30.2 Å². The molecule has 1 aliphatic carbocycles. The summed E-state index contributed by atoms with van der Waals surface area (Å²) in [5.41, 5.74) is 7.47. The van der Waals surface area contributed by atoms with Crippen LogP contribution in [0.15, 0.2) is 18.2 Å². The number of rotatable bonds is 3. The normalized spacial score (nSPS) is 21.0. The van der Waals surface area contributed by atoms with Gasteiger partial charge in [-0.15, -0.1) is 0 Å². The molecule has 1 saturated carbocycles. The fraction of sp³-hybridized carbons (Fsp3) is 0.588. The highest BCUT2D eigenvalue weighted by Crippen LogP contribution is 2.41. The van der Waals surface area contributed by atoms with Crippen LogP contribution in [0.1, 0.15) is 45.1 Å². The van der Waals surface area contributed by atoms with Gasteiger partial charge in [0.2, 0.25) is 5.91 Å². The highest BCUT2D eigenvalue weighted by Gasteiger charge is 2.38. The smallest absolute Gasteiger partial charge is 0.226 e. The van der Waals surface area contributed by atoms with Crippen molar-refractivity contribution in [3.05, 3.63) is 28.8 Å². The minimum atomic E-state index is 0.0864. The molecule has 1 aromatic rings. The van der Waals surface area contributed by atoms with E-state index in [1.54, 1.807) is 17.0 Å². The summed E-state index contributed by atoms with van der Waals surface area (Å²) < 4.78 is 0. The van der Waals surface area contributed by atoms with Gasteiger partial charge in [-0.25, -0.2) is 0 Å². The second-order valence-corrected chi connectivity index (χ2v) is 7.24. The largest absolute Gasteiger partial charge is 0.399 e. The lowest BCUT2D eigenvalue weighted by atomic mass is 9.68. The van der Waals surface area contributed by atoms with E-state index in [0.717, 1.165) is 24.8 Å². The average molecular weight is 309 g/mol. The molecule has 2 rings (SSSR count). The van der Waals surface area contributed by atoms with E-state index in [2.05, 4.69) is 13.8 Å². The lowest BCUT2D eigenvalue weighted by Crippen LogP contribution is -2.41. The molecule has 1 atom stereocenters. The molecular weight excluding hydrogens is 284 g/mol. The van der Waals surface area contributed by atoms with Gasteiger partial charge < -0.3 is 10.6 Å². The number of halogens is 1. The maximum absolute atomic E-state index is 12.8. The first-order chi connectivity index (χ1) is 9.81. The summed E-state index contributed by atoms with van der Waals surface area (Å²) in [6.07, 6.45) is 4.48. The van der Waals surface area contributed by atoms with E-state index in [4.69, 9.17) is 17.3 Å². The van der Waals surface area contributed by atoms with Gasteiger partial charge >= 0.3 is 0 Å². The quantitative estimate of drug-likeness (QED) is 0.855. The number of hydrogen-bond acceptors (Lipinski definition) is 2. The van der Waals surface area contributed by atoms with Crippen molar-refractivity contribution in [2.45, 2.75) is 46.1 Å². The Morgan fingerprint density at radius 1 is 1.43 bits per heavy atom. The average Bonchev–Trinajstić information content (AvgIpc) is 2.41. The molecule has 0 bridgehead atoms. The van der Waals surface area contributed by atoms with Crippen LogP contribution in [-0.2, 0) is 11.3 Å². The van der Waals surface area contributed by atoms with E-state index in [1.807, 2.05) is 13.1 Å². The second-order valence-electron chi connectivity index (χ2n) is 6.83. The van der Waals surface area contributed by atoms with Crippen molar-refractivity contribution in [2.75, 3.05) is 12.8 Å². The Kier molecular flexibility index (Phi) is 4.82. The highest BCUT2D eigenvalue weighted by molar-refractivity contribution is 6.31. The van der Waals surface area contributed by atoms with E-state index in [-0.39, 0.29) is 17.2 Å². The van der Waals surface area contributed by atoms with Gasteiger partial charge in [-0.1, -0.05) is 38.3 Å². The molecule has 1 aromatic carbocycles. The first-order valence-corrected chi connectivity index (χ1v) is 7.98. The van der Waals surface area contributed by atoms with Gasteiger partial charge in [-0.2, -0.15) is 0 Å². The molecule has 0 spiro atoms. The summed E-state index contributed by atoms with van der Waals surface area (Å²) in [6, 6.07) is 5.41. The van der Waals surface area contributed by atoms with Crippen molar-refractivity contribution in [3.63, 3.8) is 0 Å². The van der Waals surface area contributed by atoms with Crippen molar-refractivity contribution < 1.29 is 4.79 Å². The van der Waals surface area contributed by atoms with Gasteiger partial charge in [0.05, 0.1) is 0 Å². The fourth-order valence-electron chi connectivity index (χ4n) is 3.27. The highest BCUT2D eigenvalue weighted by atomic mass is 35.5. The van der Waals surface area contributed by atoms with E-state index >= 15 is 0 Å². The lowest BCUT2D eigenvalue weighted by molar-refractivity contribution is -0.140. The number of nitrogens with zero attached hydrogens (tertiary/aromatic N) is 1. The third-order valence-corrected chi connectivity index (χ3v) is 5.03. The van der Waals surface area contributed by atoms with E-state index in [1.165, 1.54) is 6.42 Å². The zero-order chi connectivity index (χ0) is 15.6. The minimum absolute atomic E-state index is 0.0864. The molecule has 3 nitrogen and oxygen atoms in total. The van der Waals surface area contributed by atoms with Gasteiger partial charge in [0.25, 0.3) is 0 Å². The molecule has 1 unspecified atom stereocenters. The zero-order valence-electron chi connectivity index (χ0n) is 13.2. The predicted octanol–water partition coefficient (Wildman–Crippen LogP) is 4.10. The molecule has 21 heavy (non-hydrogen) atoms. The summed E-state index contributed by atoms with van der Waals surface area (Å²) in [5, 5.41) is 0.659. The Morgan fingerprint density at radius 2 is 2.14 bits per heavy atom. The van der Waals surface area contributed by atoms with Crippen LogP contribution in [0, 0.1) is 11.3 Å². The third-order valence-electron chi connectivity index (χ3n) is 4.66. The SMILES string of the molecule is CN(Cc1cc(N)ccc1Cl)C(=O)C1CCCCC1(C)C. The van der Waals surface area contributed by atoms with Crippen LogP contribution >= 0.6 is 11.6 Å². The van der Waals surface area contributed by atoms with Crippen LogP contribution in [0.2, 0.25) is 5.02 Å². The van der Waals surface area contributed by atoms with Crippen molar-refractivity contribution >= 4 is 23.2 Å². The molecule has 0 aromatic heterocycles. The van der Waals surface area contributed by atoms with Crippen LogP contribution in [0.25, 0.3) is 0 Å². The molecule has 0 aliphatic heterocycles. The number of carbonyl (C=O) groups excluding carboxylic acids is 1. The summed E-state index contributed by atoms with van der Waals surface area (Å²) >= 11 is 6.19. The van der Waals surface area contributed by atoms with Gasteiger partial charge in [0.15, 0.2) is 0 Å². The molecule has 116 valence electrons. The molecule has 0 radical (unpaired) electrons. The van der Waals surface area contributed by atoms with Gasteiger partial charge in [-0.05, 0) is 42.0 Å². The summed E-state index contributed by atoms with van der Waals surface area (Å²) in [6.45, 7) is 4.92. The van der Waals surface area contributed by atoms with Crippen LogP contribution < -0.4 is 5.73 Å². The molecule has 4 heteroatoms. The monoisotopic (exact) mass is 308 g/mol. The maximum atomic E-state index is 12.8. The molecule has 0 heterocycles. The Labute approximate surface area is 132 Å². The Morgan fingerprint density at radius 3 is 2.81 bits per heavy atom. The first kappa shape index (κ1) is 16.2. The summed E-state index contributed by atoms with van der Waals surface area (Å²) in [7, 11) is 1.85. The van der Waals surface area contributed by atoms with Crippen molar-refractivity contribution in [1.82, 2.24) is 4.90 Å². The van der Waals surface area contributed by atoms with E-state index < -0.39 is 0 Å². The Balaban J connectivity index is 2.10. The topological polar surface area (TPSA) is 46.3 Å². The number of anilines is 1. The van der Waals surface area contributed by atoms with E-state index in [0.29, 0.717) is 17.3 Å². The van der Waals surface area contributed by atoms with Crippen LogP contribution in [-0.4, -0.2) is 17.9 Å². The fourth-order valence-corrected chi connectivity index (χ4v) is 3.44. The number of amides is 1. The predicted molar refractivity (Wildman–Crippen MR) is 88.1 cm³/mol. The van der Waals surface area contributed by atoms with Gasteiger partial charge in [-0.3, -0.25) is 4.79 Å². The van der Waals surface area contributed by atoms with Crippen molar-refractivity contribution in [2.24, 2.45) is 11.3 Å². The standard InChI is InChI=1S/C17H25ClN2O/c1-17(2)9-5-4-6-14(17)16(21)20(3)11-12-10-13(19)7-8-15(12)18/h7-8,10,14H,4-6,9,11,19H2,1-3H3. The van der Waals surface area contributed by atoms with Crippen molar-refractivity contribution in [1.29, 1.82) is 0 Å². The molecule has 2 N–H and O–H groups in total. The summed E-state index contributed by atoms with van der Waals surface area (Å²) in [4.78, 5) is 14.6. The second kappa shape index (κ2) is 6.27. The number of benzene rings is 1. The van der Waals surface area contributed by atoms with Crippen LogP contribution in [0.4, 0.5) is 5.69 Å². The third kappa shape index (κ3) is 3.70. The molecule has 1 aliphatic rings. The lowest BCUT2D eigenvalue weighted by Gasteiger charge is -2.39. The number of nitrogen functional groups attached to an aromatic ring is 1. The number of carbonyl (C=O) groups is 1. The maximum Gasteiger partial charge on any atom is 0.226 e.